The monoisotopic (exact) mass is 1210 g/mol. The van der Waals surface area contributed by atoms with Crippen LogP contribution in [0.5, 0.6) is 0 Å². The smallest absolute Gasteiger partial charge is 0.410 e. The molecule has 4 aromatic rings. The number of carboxylic acid groups (broad SMARTS) is 1. The van der Waals surface area contributed by atoms with Crippen molar-refractivity contribution in [3.05, 3.63) is 124 Å². The summed E-state index contributed by atoms with van der Waals surface area (Å²) in [5.41, 5.74) is -0.773. The molecule has 0 radical (unpaired) electrons. The fourth-order valence-corrected chi connectivity index (χ4v) is 11.5. The number of fused-ring (bicyclic) bond motifs is 2. The number of hydrogen-bond acceptors (Lipinski definition) is 12. The van der Waals surface area contributed by atoms with Crippen molar-refractivity contribution < 1.29 is 66.1 Å². The van der Waals surface area contributed by atoms with E-state index in [1.165, 1.54) is 43.1 Å². The van der Waals surface area contributed by atoms with E-state index in [1.807, 2.05) is 24.0 Å². The van der Waals surface area contributed by atoms with E-state index in [2.05, 4.69) is 26.2 Å². The lowest BCUT2D eigenvalue weighted by atomic mass is 9.83. The van der Waals surface area contributed by atoms with Crippen molar-refractivity contribution in [1.82, 2.24) is 35.1 Å². The molecule has 0 saturated carbocycles. The highest BCUT2D eigenvalue weighted by Gasteiger charge is 2.49. The van der Waals surface area contributed by atoms with Crippen LogP contribution in [0.15, 0.2) is 78.9 Å². The first-order valence-electron chi connectivity index (χ1n) is 29.1. The van der Waals surface area contributed by atoms with Crippen LogP contribution in [0.25, 0.3) is 0 Å². The highest BCUT2D eigenvalue weighted by molar-refractivity contribution is 6.05. The zero-order chi connectivity index (χ0) is 63.6. The third kappa shape index (κ3) is 14.8. The van der Waals surface area contributed by atoms with Crippen molar-refractivity contribution in [3.63, 3.8) is 0 Å². The Morgan fingerprint density at radius 1 is 0.839 bits per heavy atom. The number of hydrogen-bond donors (Lipinski definition) is 5. The topological polar surface area (TPSA) is 243 Å². The van der Waals surface area contributed by atoms with Crippen molar-refractivity contribution in [3.8, 4) is 0 Å². The number of piperazine rings is 1. The Morgan fingerprint density at radius 2 is 1.52 bits per heavy atom. The van der Waals surface area contributed by atoms with Gasteiger partial charge in [-0.3, -0.25) is 43.5 Å². The molecule has 7 atom stereocenters. The molecule has 4 aromatic carbocycles. The molecule has 4 heterocycles. The second-order valence-electron chi connectivity index (χ2n) is 25.4. The number of amides is 8. The summed E-state index contributed by atoms with van der Waals surface area (Å²) in [6.07, 6.45) is -1.46. The second kappa shape index (κ2) is 26.1. The highest BCUT2D eigenvalue weighted by atomic mass is 19.1. The minimum Gasteiger partial charge on any atom is -0.465 e. The average Bonchev–Trinajstić information content (AvgIpc) is 1.66. The van der Waals surface area contributed by atoms with Crippen molar-refractivity contribution in [1.29, 1.82) is 0 Å². The number of anilines is 3. The van der Waals surface area contributed by atoms with Crippen molar-refractivity contribution in [2.24, 2.45) is 5.41 Å². The average molecular weight is 1210 g/mol. The van der Waals surface area contributed by atoms with Crippen LogP contribution in [0.3, 0.4) is 0 Å². The fourth-order valence-electron chi connectivity index (χ4n) is 11.5. The SMILES string of the molecule is CC1COCCN1C[C@H]1CN(C(=O)O)[C@H](C)CN1CC(=O)N1CC(C)(C(=O)NCC(=O)Nc2ccc3c(c2)C(C(=O)Nc2c(F)cccc2F)N(C(=O)C(NC(=O)C(C)N(C)C(=O)OC(C)(C)C)C(C)(C)C)C3)c2ccc(Cc3ccc(F)cc3)cc21. The zero-order valence-corrected chi connectivity index (χ0v) is 51.1. The van der Waals surface area contributed by atoms with Gasteiger partial charge < -0.3 is 50.5 Å². The Balaban J connectivity index is 1.02. The van der Waals surface area contributed by atoms with Gasteiger partial charge in [-0.05, 0) is 131 Å². The van der Waals surface area contributed by atoms with E-state index in [-0.39, 0.29) is 62.0 Å². The number of carbonyl (C=O) groups is 8. The van der Waals surface area contributed by atoms with Gasteiger partial charge in [0.2, 0.25) is 29.5 Å². The molecule has 0 bridgehead atoms. The zero-order valence-electron chi connectivity index (χ0n) is 51.1. The van der Waals surface area contributed by atoms with Crippen molar-refractivity contribution in [2.75, 3.05) is 81.6 Å². The van der Waals surface area contributed by atoms with E-state index in [1.54, 1.807) is 84.6 Å². The van der Waals surface area contributed by atoms with E-state index in [4.69, 9.17) is 9.47 Å². The number of ether oxygens (including phenoxy) is 2. The molecule has 5 N–H and O–H groups in total. The van der Waals surface area contributed by atoms with Crippen LogP contribution in [0.1, 0.15) is 103 Å². The molecule has 0 aromatic heterocycles. The lowest BCUT2D eigenvalue weighted by molar-refractivity contribution is -0.145. The Bertz CT molecular complexity index is 3280. The molecule has 24 heteroatoms. The van der Waals surface area contributed by atoms with Crippen LogP contribution in [0.2, 0.25) is 0 Å². The molecule has 0 aliphatic carbocycles. The van der Waals surface area contributed by atoms with Gasteiger partial charge in [0.1, 0.15) is 46.9 Å². The second-order valence-corrected chi connectivity index (χ2v) is 25.4. The van der Waals surface area contributed by atoms with Gasteiger partial charge in [-0.1, -0.05) is 57.2 Å². The van der Waals surface area contributed by atoms with Gasteiger partial charge >= 0.3 is 12.2 Å². The molecule has 0 spiro atoms. The Hall–Kier alpha value is -8.09. The van der Waals surface area contributed by atoms with E-state index >= 15 is 8.78 Å². The molecule has 87 heavy (non-hydrogen) atoms. The molecule has 2 fully saturated rings. The van der Waals surface area contributed by atoms with E-state index in [0.717, 1.165) is 39.1 Å². The number of halogens is 3. The van der Waals surface area contributed by atoms with E-state index in [9.17, 15) is 47.9 Å². The Kier molecular flexibility index (Phi) is 19.5. The molecule has 8 amide bonds. The predicted molar refractivity (Wildman–Crippen MR) is 318 cm³/mol. The molecular weight excluding hydrogens is 1130 g/mol. The van der Waals surface area contributed by atoms with Gasteiger partial charge in [-0.25, -0.2) is 22.8 Å². The summed E-state index contributed by atoms with van der Waals surface area (Å²) >= 11 is 0. The number of morpholine rings is 1. The van der Waals surface area contributed by atoms with Crippen LogP contribution in [-0.4, -0.2) is 179 Å². The quantitative estimate of drug-likeness (QED) is 0.0792. The molecular formula is C63H79F3N10O11. The van der Waals surface area contributed by atoms with Gasteiger partial charge in [0.05, 0.1) is 31.7 Å². The number of benzene rings is 4. The number of carbonyl (C=O) groups excluding carboxylic acids is 7. The van der Waals surface area contributed by atoms with Gasteiger partial charge in [-0.2, -0.15) is 0 Å². The summed E-state index contributed by atoms with van der Waals surface area (Å²) in [6.45, 7) is 18.6. The molecule has 21 nitrogen and oxygen atoms in total. The third-order valence-corrected chi connectivity index (χ3v) is 16.6. The standard InChI is InChI=1S/C63H79F3N10O11/c1-36-29-73(44(32-74(36)59(83)84)31-72-23-24-86-34-37(72)2)33-51(78)76-35-63(10,46-22-17-40(26-49(46)76)25-39-15-19-42(64)20-16-39)58(82)67-28-50(77)68-43-21-18-41-30-75(53(45(41)27-43)56(80)69-52-47(65)13-12-14-48(52)66)57(81)54(61(4,5)6)70-55(79)38(3)71(11)60(85)87-62(7,8)9/h12-22,26-27,36-38,44,53-54H,23-25,28-35H2,1-11H3,(H,67,82)(H,68,77)(H,69,80)(H,70,79)(H,83,84)/t36-,37?,38?,44+,53?,54?,63?/m1/s1. The first kappa shape index (κ1) is 64.9. The highest BCUT2D eigenvalue weighted by Crippen LogP contribution is 2.43. The van der Waals surface area contributed by atoms with Crippen LogP contribution in [-0.2, 0) is 56.6 Å². The normalized spacial score (nSPS) is 21.2. The van der Waals surface area contributed by atoms with Crippen LogP contribution < -0.4 is 26.2 Å². The Labute approximate surface area is 504 Å². The maximum Gasteiger partial charge on any atom is 0.410 e. The van der Waals surface area contributed by atoms with Crippen LogP contribution in [0.4, 0.5) is 39.8 Å². The largest absolute Gasteiger partial charge is 0.465 e. The lowest BCUT2D eigenvalue weighted by Crippen LogP contribution is -2.64. The van der Waals surface area contributed by atoms with Crippen LogP contribution >= 0.6 is 0 Å². The fraction of sp³-hybridized carbons (Fsp3) is 0.492. The number of rotatable bonds is 16. The number of likely N-dealkylation sites (N-methyl/N-ethyl adjacent to an activating group) is 1. The number of para-hydroxylation sites is 1. The van der Waals surface area contributed by atoms with Gasteiger partial charge in [0, 0.05) is 75.8 Å². The first-order valence-corrected chi connectivity index (χ1v) is 29.1. The maximum absolute atomic E-state index is 15.1. The third-order valence-electron chi connectivity index (χ3n) is 16.6. The van der Waals surface area contributed by atoms with Gasteiger partial charge in [0.15, 0.2) is 0 Å². The Morgan fingerprint density at radius 3 is 2.16 bits per heavy atom. The molecule has 5 unspecified atom stereocenters. The molecule has 4 aliphatic rings. The minimum atomic E-state index is -1.58. The summed E-state index contributed by atoms with van der Waals surface area (Å²) < 4.78 is 55.3. The number of nitrogens with zero attached hydrogens (tertiary/aromatic N) is 6. The number of nitrogens with one attached hydrogen (secondary N) is 4. The molecule has 4 aliphatic heterocycles. The molecule has 468 valence electrons. The van der Waals surface area contributed by atoms with Gasteiger partial charge in [-0.15, -0.1) is 0 Å². The van der Waals surface area contributed by atoms with Crippen molar-refractivity contribution in [2.45, 2.75) is 129 Å². The van der Waals surface area contributed by atoms with Crippen LogP contribution in [0, 0.1) is 22.9 Å². The van der Waals surface area contributed by atoms with Gasteiger partial charge in [0.25, 0.3) is 5.91 Å². The minimum absolute atomic E-state index is 0.0674. The predicted octanol–water partition coefficient (Wildman–Crippen LogP) is 6.64. The lowest BCUT2D eigenvalue weighted by Gasteiger charge is -2.47. The summed E-state index contributed by atoms with van der Waals surface area (Å²) in [5.74, 6) is -6.67. The molecule has 2 saturated heterocycles. The molecule has 8 rings (SSSR count). The maximum atomic E-state index is 15.1. The summed E-state index contributed by atoms with van der Waals surface area (Å²) in [4.78, 5) is 122. The van der Waals surface area contributed by atoms with E-state index < -0.39 is 112 Å². The van der Waals surface area contributed by atoms with Crippen molar-refractivity contribution >= 4 is 64.7 Å². The summed E-state index contributed by atoms with van der Waals surface area (Å²) in [6, 6.07) is 14.3. The van der Waals surface area contributed by atoms with E-state index in [0.29, 0.717) is 49.5 Å². The summed E-state index contributed by atoms with van der Waals surface area (Å²) in [7, 11) is 1.37. The first-order chi connectivity index (χ1) is 40.8. The summed E-state index contributed by atoms with van der Waals surface area (Å²) in [5, 5.41) is 20.7.